The number of aliphatic imine (C=N–C) groups is 1. The lowest BCUT2D eigenvalue weighted by atomic mass is 9.96. The van der Waals surface area contributed by atoms with Gasteiger partial charge in [0.15, 0.2) is 11.8 Å². The highest BCUT2D eigenvalue weighted by molar-refractivity contribution is 6.06. The van der Waals surface area contributed by atoms with Gasteiger partial charge < -0.3 is 4.90 Å². The van der Waals surface area contributed by atoms with Gasteiger partial charge in [-0.15, -0.1) is 0 Å². The Kier molecular flexibility index (Phi) is 3.09. The molecule has 0 saturated heterocycles. The third kappa shape index (κ3) is 1.88. The smallest absolute Gasteiger partial charge is 0.186 e. The van der Waals surface area contributed by atoms with E-state index in [1.807, 2.05) is 26.1 Å². The second-order valence-corrected chi connectivity index (χ2v) is 4.10. The average molecular weight is 228 g/mol. The first kappa shape index (κ1) is 11.6. The highest BCUT2D eigenvalue weighted by Gasteiger charge is 2.33. The van der Waals surface area contributed by atoms with Gasteiger partial charge in [0, 0.05) is 12.7 Å². The lowest BCUT2D eigenvalue weighted by molar-refractivity contribution is -0.115. The number of ketones is 1. The maximum Gasteiger partial charge on any atom is 0.186 e. The van der Waals surface area contributed by atoms with E-state index in [4.69, 9.17) is 0 Å². The van der Waals surface area contributed by atoms with Gasteiger partial charge in [0.25, 0.3) is 0 Å². The number of nitrogens with zero attached hydrogens (tertiary/aromatic N) is 2. The number of allylic oxidation sites excluding steroid dienone is 3. The predicted octanol–water partition coefficient (Wildman–Crippen LogP) is 1.89. The minimum absolute atomic E-state index is 0.0348. The fourth-order valence-corrected chi connectivity index (χ4v) is 2.18. The predicted molar refractivity (Wildman–Crippen MR) is 70.0 cm³/mol. The fraction of sp³-hybridized carbons (Fsp3) is 0.286. The van der Waals surface area contributed by atoms with Gasteiger partial charge in [-0.25, -0.2) is 0 Å². The molecule has 0 aromatic rings. The normalized spacial score (nSPS) is 27.9. The van der Waals surface area contributed by atoms with Crippen molar-refractivity contribution >= 4 is 11.5 Å². The van der Waals surface area contributed by atoms with Crippen LogP contribution in [0.2, 0.25) is 0 Å². The summed E-state index contributed by atoms with van der Waals surface area (Å²) < 4.78 is 0. The molecule has 0 spiro atoms. The van der Waals surface area contributed by atoms with E-state index < -0.39 is 0 Å². The molecule has 2 atom stereocenters. The highest BCUT2D eigenvalue weighted by Crippen LogP contribution is 2.25. The van der Waals surface area contributed by atoms with Crippen LogP contribution in [0.15, 0.2) is 53.7 Å². The van der Waals surface area contributed by atoms with Crippen molar-refractivity contribution in [2.45, 2.75) is 19.0 Å². The van der Waals surface area contributed by atoms with Gasteiger partial charge in [-0.2, -0.15) is 0 Å². The summed E-state index contributed by atoms with van der Waals surface area (Å²) in [4.78, 5) is 18.4. The standard InChI is InChI=1S/C14H16N2O/c1-4-7-11-10(5-2)15-14-12(16(11)3)8-6-9-13(14)17/h4-9,11,14H,2H2,1,3H3/b7-4-. The maximum absolute atomic E-state index is 11.8. The first-order valence-electron chi connectivity index (χ1n) is 5.67. The summed E-state index contributed by atoms with van der Waals surface area (Å²) in [6.45, 7) is 5.75. The summed E-state index contributed by atoms with van der Waals surface area (Å²) in [6.07, 6.45) is 11.1. The van der Waals surface area contributed by atoms with Gasteiger partial charge >= 0.3 is 0 Å². The van der Waals surface area contributed by atoms with Crippen LogP contribution < -0.4 is 0 Å². The van der Waals surface area contributed by atoms with E-state index in [-0.39, 0.29) is 17.9 Å². The van der Waals surface area contributed by atoms with Crippen LogP contribution in [0.1, 0.15) is 6.92 Å². The molecule has 1 aliphatic heterocycles. The zero-order chi connectivity index (χ0) is 12.4. The van der Waals surface area contributed by atoms with Crippen molar-refractivity contribution in [1.29, 1.82) is 0 Å². The average Bonchev–Trinajstić information content (AvgIpc) is 2.33. The van der Waals surface area contributed by atoms with Crippen LogP contribution in [0.25, 0.3) is 0 Å². The quantitative estimate of drug-likeness (QED) is 0.676. The number of fused-ring (bicyclic) bond motifs is 1. The molecule has 17 heavy (non-hydrogen) atoms. The van der Waals surface area contributed by atoms with Crippen LogP contribution in [0.4, 0.5) is 0 Å². The molecule has 0 N–H and O–H groups in total. The molecule has 0 amide bonds. The Hall–Kier alpha value is -1.90. The summed E-state index contributed by atoms with van der Waals surface area (Å²) >= 11 is 0. The Morgan fingerprint density at radius 2 is 2.29 bits per heavy atom. The molecule has 3 nitrogen and oxygen atoms in total. The molecule has 0 bridgehead atoms. The van der Waals surface area contributed by atoms with E-state index in [9.17, 15) is 4.79 Å². The van der Waals surface area contributed by atoms with Crippen LogP contribution in [0.3, 0.4) is 0 Å². The second-order valence-electron chi connectivity index (χ2n) is 4.10. The first-order valence-corrected chi connectivity index (χ1v) is 5.67. The Morgan fingerprint density at radius 1 is 1.53 bits per heavy atom. The second kappa shape index (κ2) is 4.53. The van der Waals surface area contributed by atoms with Crippen molar-refractivity contribution < 1.29 is 4.79 Å². The Balaban J connectivity index is 2.48. The van der Waals surface area contributed by atoms with Gasteiger partial charge in [0.05, 0.1) is 11.8 Å². The number of carbonyl (C=O) groups is 1. The number of rotatable bonds is 2. The van der Waals surface area contributed by atoms with Crippen molar-refractivity contribution in [3.63, 3.8) is 0 Å². The Morgan fingerprint density at radius 3 is 2.94 bits per heavy atom. The number of carbonyl (C=O) groups excluding carboxylic acids is 1. The lowest BCUT2D eigenvalue weighted by Crippen LogP contribution is -2.46. The van der Waals surface area contributed by atoms with Crippen molar-refractivity contribution in [2.24, 2.45) is 4.99 Å². The molecule has 2 rings (SSSR count). The third-order valence-electron chi connectivity index (χ3n) is 3.07. The van der Waals surface area contributed by atoms with E-state index >= 15 is 0 Å². The Labute approximate surface area is 102 Å². The minimum atomic E-state index is -0.389. The van der Waals surface area contributed by atoms with E-state index in [1.165, 1.54) is 0 Å². The maximum atomic E-state index is 11.8. The molecule has 1 heterocycles. The number of hydrogen-bond acceptors (Lipinski definition) is 3. The van der Waals surface area contributed by atoms with Crippen LogP contribution in [-0.2, 0) is 4.79 Å². The van der Waals surface area contributed by atoms with E-state index in [2.05, 4.69) is 22.5 Å². The van der Waals surface area contributed by atoms with Crippen LogP contribution >= 0.6 is 0 Å². The molecule has 0 saturated carbocycles. The van der Waals surface area contributed by atoms with Crippen LogP contribution in [0, 0.1) is 0 Å². The molecule has 0 radical (unpaired) electrons. The monoisotopic (exact) mass is 228 g/mol. The van der Waals surface area contributed by atoms with Gasteiger partial charge in [-0.3, -0.25) is 9.79 Å². The summed E-state index contributed by atoms with van der Waals surface area (Å²) in [6, 6.07) is -0.321. The van der Waals surface area contributed by atoms with Gasteiger partial charge in [-0.1, -0.05) is 24.8 Å². The van der Waals surface area contributed by atoms with Crippen molar-refractivity contribution in [3.05, 3.63) is 48.7 Å². The summed E-state index contributed by atoms with van der Waals surface area (Å²) in [7, 11) is 1.98. The van der Waals surface area contributed by atoms with Gasteiger partial charge in [-0.05, 0) is 25.2 Å². The minimum Gasteiger partial charge on any atom is -0.364 e. The van der Waals surface area contributed by atoms with Crippen LogP contribution in [0.5, 0.6) is 0 Å². The fourth-order valence-electron chi connectivity index (χ4n) is 2.18. The highest BCUT2D eigenvalue weighted by atomic mass is 16.1. The molecule has 2 unspecified atom stereocenters. The van der Waals surface area contributed by atoms with E-state index in [1.54, 1.807) is 18.2 Å². The molecule has 2 aliphatic rings. The van der Waals surface area contributed by atoms with Crippen LogP contribution in [-0.4, -0.2) is 35.5 Å². The van der Waals surface area contributed by atoms with E-state index in [0.29, 0.717) is 0 Å². The first-order chi connectivity index (χ1) is 8.19. The third-order valence-corrected chi connectivity index (χ3v) is 3.07. The summed E-state index contributed by atoms with van der Waals surface area (Å²) in [5.74, 6) is 0.0348. The molecule has 0 aromatic heterocycles. The van der Waals surface area contributed by atoms with Crippen molar-refractivity contribution in [3.8, 4) is 0 Å². The molecular weight excluding hydrogens is 212 g/mol. The molecule has 1 aliphatic carbocycles. The molecule has 88 valence electrons. The zero-order valence-corrected chi connectivity index (χ0v) is 10.1. The largest absolute Gasteiger partial charge is 0.364 e. The summed E-state index contributed by atoms with van der Waals surface area (Å²) in [5.41, 5.74) is 1.79. The number of hydrogen-bond donors (Lipinski definition) is 0. The van der Waals surface area contributed by atoms with Gasteiger partial charge in [0.2, 0.25) is 0 Å². The Bertz CT molecular complexity index is 469. The summed E-state index contributed by atoms with van der Waals surface area (Å²) in [5, 5.41) is 0. The van der Waals surface area contributed by atoms with Gasteiger partial charge in [0.1, 0.15) is 0 Å². The molecule has 0 aromatic carbocycles. The van der Waals surface area contributed by atoms with E-state index in [0.717, 1.165) is 11.4 Å². The molecule has 0 fully saturated rings. The molecular formula is C14H16N2O. The topological polar surface area (TPSA) is 32.7 Å². The number of likely N-dealkylation sites (N-methyl/N-ethyl adjacent to an activating group) is 1. The lowest BCUT2D eigenvalue weighted by Gasteiger charge is -2.37. The van der Waals surface area contributed by atoms with Crippen molar-refractivity contribution in [2.75, 3.05) is 7.05 Å². The zero-order valence-electron chi connectivity index (χ0n) is 10.1. The van der Waals surface area contributed by atoms with Crippen molar-refractivity contribution in [1.82, 2.24) is 4.90 Å². The SMILES string of the molecule is C=CC1=NC2C(=O)C=CC=C2N(C)C1/C=C\C. The molecule has 3 heteroatoms.